The van der Waals surface area contributed by atoms with Crippen LogP contribution in [0.15, 0.2) is 42.0 Å². The van der Waals surface area contributed by atoms with Crippen LogP contribution in [0.3, 0.4) is 0 Å². The third-order valence-electron chi connectivity index (χ3n) is 4.60. The molecule has 0 unspecified atom stereocenters. The summed E-state index contributed by atoms with van der Waals surface area (Å²) in [5, 5.41) is 13.3. The molecule has 4 rings (SSSR count). The van der Waals surface area contributed by atoms with Gasteiger partial charge in [0, 0.05) is 4.88 Å². The topological polar surface area (TPSA) is 63.9 Å². The van der Waals surface area contributed by atoms with Gasteiger partial charge in [0.1, 0.15) is 6.33 Å². The van der Waals surface area contributed by atoms with Crippen LogP contribution >= 0.6 is 11.3 Å². The molecule has 1 aromatic carbocycles. The number of carbonyl (C=O) groups is 1. The molecule has 24 heavy (non-hydrogen) atoms. The van der Waals surface area contributed by atoms with E-state index in [0.717, 1.165) is 5.56 Å². The monoisotopic (exact) mass is 339 g/mol. The summed E-state index contributed by atoms with van der Waals surface area (Å²) in [7, 11) is 0. The molecular weight excluding hydrogens is 322 g/mol. The normalized spacial score (nSPS) is 20.2. The number of hydrogen-bond donors (Lipinski definition) is 0. The SMILES string of the molecule is Cc1ccc([C@@H]2[C@H](n3cnnn3)C(=O)N2Cc2cccs2)cc1C. The molecule has 1 aliphatic rings. The van der Waals surface area contributed by atoms with Crippen LogP contribution in [0.5, 0.6) is 0 Å². The Morgan fingerprint density at radius 3 is 2.71 bits per heavy atom. The van der Waals surface area contributed by atoms with Crippen molar-refractivity contribution in [3.8, 4) is 0 Å². The van der Waals surface area contributed by atoms with E-state index in [9.17, 15) is 4.79 Å². The number of thiophene rings is 1. The second kappa shape index (κ2) is 5.83. The summed E-state index contributed by atoms with van der Waals surface area (Å²) < 4.78 is 1.56. The number of aromatic nitrogens is 4. The number of carbonyl (C=O) groups excluding carboxylic acids is 1. The number of amides is 1. The zero-order valence-electron chi connectivity index (χ0n) is 13.5. The highest BCUT2D eigenvalue weighted by Gasteiger charge is 2.50. The van der Waals surface area contributed by atoms with Gasteiger partial charge >= 0.3 is 0 Å². The molecule has 122 valence electrons. The Kier molecular flexibility index (Phi) is 3.65. The molecule has 1 saturated heterocycles. The molecule has 6 nitrogen and oxygen atoms in total. The Balaban J connectivity index is 1.71. The van der Waals surface area contributed by atoms with Gasteiger partial charge in [-0.05, 0) is 52.4 Å². The fraction of sp³-hybridized carbons (Fsp3) is 0.294. The van der Waals surface area contributed by atoms with Crippen LogP contribution in [0.2, 0.25) is 0 Å². The summed E-state index contributed by atoms with van der Waals surface area (Å²) in [4.78, 5) is 15.8. The van der Waals surface area contributed by atoms with Crippen LogP contribution < -0.4 is 0 Å². The van der Waals surface area contributed by atoms with Crippen molar-refractivity contribution in [2.75, 3.05) is 0 Å². The molecule has 0 saturated carbocycles. The second-order valence-corrected chi connectivity index (χ2v) is 7.10. The first-order valence-electron chi connectivity index (χ1n) is 7.77. The smallest absolute Gasteiger partial charge is 0.251 e. The van der Waals surface area contributed by atoms with Gasteiger partial charge in [-0.25, -0.2) is 4.68 Å². The van der Waals surface area contributed by atoms with Crippen LogP contribution in [0, 0.1) is 13.8 Å². The van der Waals surface area contributed by atoms with Gasteiger partial charge in [0.05, 0.1) is 12.6 Å². The lowest BCUT2D eigenvalue weighted by Gasteiger charge is -2.46. The minimum absolute atomic E-state index is 0.0533. The summed E-state index contributed by atoms with van der Waals surface area (Å²) in [5.74, 6) is 0.0546. The molecule has 0 radical (unpaired) electrons. The Labute approximate surface area is 143 Å². The maximum Gasteiger partial charge on any atom is 0.251 e. The van der Waals surface area contributed by atoms with Gasteiger partial charge in [-0.15, -0.1) is 16.4 Å². The maximum atomic E-state index is 12.7. The molecule has 0 bridgehead atoms. The average molecular weight is 339 g/mol. The Morgan fingerprint density at radius 2 is 2.04 bits per heavy atom. The predicted octanol–water partition coefficient (Wildman–Crippen LogP) is 2.68. The molecule has 3 heterocycles. The number of benzene rings is 1. The van der Waals surface area contributed by atoms with Gasteiger partial charge in [-0.1, -0.05) is 24.3 Å². The Morgan fingerprint density at radius 1 is 1.17 bits per heavy atom. The van der Waals surface area contributed by atoms with Crippen molar-refractivity contribution < 1.29 is 4.79 Å². The van der Waals surface area contributed by atoms with Crippen molar-refractivity contribution in [2.24, 2.45) is 0 Å². The van der Waals surface area contributed by atoms with Gasteiger partial charge in [0.2, 0.25) is 0 Å². The molecule has 1 aliphatic heterocycles. The second-order valence-electron chi connectivity index (χ2n) is 6.07. The lowest BCUT2D eigenvalue weighted by molar-refractivity contribution is -0.157. The number of β-lactam (4-membered cyclic amide) rings is 1. The van der Waals surface area contributed by atoms with E-state index in [1.165, 1.54) is 22.3 Å². The van der Waals surface area contributed by atoms with Crippen molar-refractivity contribution in [1.82, 2.24) is 25.1 Å². The highest BCUT2D eigenvalue weighted by molar-refractivity contribution is 7.09. The molecule has 0 aliphatic carbocycles. The zero-order valence-corrected chi connectivity index (χ0v) is 14.3. The van der Waals surface area contributed by atoms with Crippen molar-refractivity contribution in [3.05, 3.63) is 63.6 Å². The van der Waals surface area contributed by atoms with E-state index < -0.39 is 0 Å². The number of rotatable bonds is 4. The molecule has 0 N–H and O–H groups in total. The molecule has 2 aromatic heterocycles. The van der Waals surface area contributed by atoms with E-state index in [4.69, 9.17) is 0 Å². The van der Waals surface area contributed by atoms with Crippen molar-refractivity contribution in [2.45, 2.75) is 32.5 Å². The first-order chi connectivity index (χ1) is 11.6. The lowest BCUT2D eigenvalue weighted by Crippen LogP contribution is -2.55. The van der Waals surface area contributed by atoms with Crippen molar-refractivity contribution >= 4 is 17.2 Å². The van der Waals surface area contributed by atoms with Crippen LogP contribution in [-0.2, 0) is 11.3 Å². The number of aryl methyl sites for hydroxylation is 2. The predicted molar refractivity (Wildman–Crippen MR) is 90.4 cm³/mol. The van der Waals surface area contributed by atoms with Crippen LogP contribution in [0.1, 0.15) is 33.7 Å². The van der Waals surface area contributed by atoms with Gasteiger partial charge in [0.15, 0.2) is 6.04 Å². The number of likely N-dealkylation sites (tertiary alicyclic amines) is 1. The van der Waals surface area contributed by atoms with Crippen LogP contribution in [0.4, 0.5) is 0 Å². The van der Waals surface area contributed by atoms with Gasteiger partial charge < -0.3 is 4.90 Å². The van der Waals surface area contributed by atoms with Crippen LogP contribution in [0.25, 0.3) is 0 Å². The minimum atomic E-state index is -0.373. The standard InChI is InChI=1S/C17H17N5OS/c1-11-5-6-13(8-12(11)2)15-16(22-10-18-19-20-22)17(23)21(15)9-14-4-3-7-24-14/h3-8,10,15-16H,9H2,1-2H3/t15-,16+/m1/s1. The van der Waals surface area contributed by atoms with Crippen molar-refractivity contribution in [3.63, 3.8) is 0 Å². The van der Waals surface area contributed by atoms with E-state index in [0.29, 0.717) is 6.54 Å². The number of tetrazole rings is 1. The largest absolute Gasteiger partial charge is 0.326 e. The molecule has 1 amide bonds. The van der Waals surface area contributed by atoms with E-state index in [1.54, 1.807) is 16.0 Å². The highest BCUT2D eigenvalue weighted by atomic mass is 32.1. The molecular formula is C17H17N5OS. The third kappa shape index (κ3) is 2.41. The summed E-state index contributed by atoms with van der Waals surface area (Å²) in [5.41, 5.74) is 3.58. The summed E-state index contributed by atoms with van der Waals surface area (Å²) in [6.07, 6.45) is 1.51. The average Bonchev–Trinajstić information content (AvgIpc) is 3.26. The van der Waals surface area contributed by atoms with Crippen LogP contribution in [-0.4, -0.2) is 31.0 Å². The summed E-state index contributed by atoms with van der Waals surface area (Å²) >= 11 is 1.66. The highest BCUT2D eigenvalue weighted by Crippen LogP contribution is 2.44. The number of hydrogen-bond acceptors (Lipinski definition) is 5. The Hall–Kier alpha value is -2.54. The number of nitrogens with zero attached hydrogens (tertiary/aromatic N) is 5. The summed E-state index contributed by atoms with van der Waals surface area (Å²) in [6, 6.07) is 9.99. The van der Waals surface area contributed by atoms with Gasteiger partial charge in [-0.3, -0.25) is 4.79 Å². The van der Waals surface area contributed by atoms with Gasteiger partial charge in [0.25, 0.3) is 5.91 Å². The molecule has 3 aromatic rings. The van der Waals surface area contributed by atoms with E-state index >= 15 is 0 Å². The fourth-order valence-electron chi connectivity index (χ4n) is 3.14. The minimum Gasteiger partial charge on any atom is -0.326 e. The fourth-order valence-corrected chi connectivity index (χ4v) is 3.84. The van der Waals surface area contributed by atoms with E-state index in [2.05, 4.69) is 53.6 Å². The Bertz CT molecular complexity index is 859. The molecule has 7 heteroatoms. The first-order valence-corrected chi connectivity index (χ1v) is 8.65. The molecule has 1 fully saturated rings. The quantitative estimate of drug-likeness (QED) is 0.686. The molecule has 0 spiro atoms. The zero-order chi connectivity index (χ0) is 16.7. The maximum absolute atomic E-state index is 12.7. The summed E-state index contributed by atoms with van der Waals surface area (Å²) in [6.45, 7) is 4.80. The van der Waals surface area contributed by atoms with Crippen molar-refractivity contribution in [1.29, 1.82) is 0 Å². The van der Waals surface area contributed by atoms with E-state index in [-0.39, 0.29) is 18.0 Å². The lowest BCUT2D eigenvalue weighted by atomic mass is 9.87. The first kappa shape index (κ1) is 15.0. The third-order valence-corrected chi connectivity index (χ3v) is 5.46. The molecule has 2 atom stereocenters. The van der Waals surface area contributed by atoms with E-state index in [1.807, 2.05) is 16.3 Å². The van der Waals surface area contributed by atoms with Gasteiger partial charge in [-0.2, -0.15) is 0 Å².